The number of carbonyl (C=O) groups excluding carboxylic acids is 1. The summed E-state index contributed by atoms with van der Waals surface area (Å²) in [6.45, 7) is 5.96. The average molecular weight is 253 g/mol. The number of nitrogens with two attached hydrogens (primary N) is 2. The van der Waals surface area contributed by atoms with Crippen LogP contribution in [0.5, 0.6) is 0 Å². The molecule has 0 bridgehead atoms. The number of amides is 1. The summed E-state index contributed by atoms with van der Waals surface area (Å²) in [7, 11) is 0. The van der Waals surface area contributed by atoms with E-state index in [-0.39, 0.29) is 0 Å². The zero-order valence-electron chi connectivity index (χ0n) is 10.7. The Morgan fingerprint density at radius 1 is 1.61 bits per heavy atom. The minimum absolute atomic E-state index is 0.294. The van der Waals surface area contributed by atoms with Gasteiger partial charge in [-0.05, 0) is 13.8 Å². The molecule has 0 spiro atoms. The summed E-state index contributed by atoms with van der Waals surface area (Å²) in [6, 6.07) is -0.484. The van der Waals surface area contributed by atoms with Crippen LogP contribution in [0.3, 0.4) is 0 Å². The summed E-state index contributed by atoms with van der Waals surface area (Å²) in [5, 5.41) is 4.35. The molecule has 1 aliphatic rings. The highest BCUT2D eigenvalue weighted by molar-refractivity contribution is 5.85. The largest absolute Gasteiger partial charge is 0.394 e. The molecule has 7 heteroatoms. The van der Waals surface area contributed by atoms with Gasteiger partial charge in [-0.25, -0.2) is 4.68 Å². The number of rotatable bonds is 3. The molecule has 7 nitrogen and oxygen atoms in total. The van der Waals surface area contributed by atoms with E-state index in [2.05, 4.69) is 5.10 Å². The Bertz CT molecular complexity index is 457. The lowest BCUT2D eigenvalue weighted by atomic mass is 10.2. The van der Waals surface area contributed by atoms with Gasteiger partial charge < -0.3 is 21.1 Å². The molecule has 1 unspecified atom stereocenters. The summed E-state index contributed by atoms with van der Waals surface area (Å²) in [4.78, 5) is 13.4. The van der Waals surface area contributed by atoms with E-state index in [0.717, 1.165) is 11.5 Å². The first-order chi connectivity index (χ1) is 8.56. The molecule has 18 heavy (non-hydrogen) atoms. The van der Waals surface area contributed by atoms with Crippen molar-refractivity contribution in [3.05, 3.63) is 5.69 Å². The molecule has 0 aromatic carbocycles. The van der Waals surface area contributed by atoms with E-state index in [4.69, 9.17) is 16.2 Å². The molecule has 1 aromatic rings. The Hall–Kier alpha value is -1.76. The Morgan fingerprint density at radius 2 is 2.33 bits per heavy atom. The van der Waals surface area contributed by atoms with Crippen molar-refractivity contribution in [2.45, 2.75) is 26.4 Å². The van der Waals surface area contributed by atoms with E-state index < -0.39 is 11.9 Å². The van der Waals surface area contributed by atoms with E-state index in [1.807, 2.05) is 18.7 Å². The van der Waals surface area contributed by atoms with Crippen LogP contribution in [-0.4, -0.2) is 41.5 Å². The molecule has 1 atom stereocenters. The first-order valence-corrected chi connectivity index (χ1v) is 6.02. The standard InChI is InChI=1S/C11H19N5O2/c1-3-16-11(9(12)7(2)14-16)15-4-5-18-6-8(15)10(13)17/h8H,3-6,12H2,1-2H3,(H2,13,17). The predicted molar refractivity (Wildman–Crippen MR) is 68.2 cm³/mol. The first kappa shape index (κ1) is 12.7. The van der Waals surface area contributed by atoms with Crippen molar-refractivity contribution in [1.29, 1.82) is 0 Å². The van der Waals surface area contributed by atoms with Gasteiger partial charge in [-0.2, -0.15) is 5.10 Å². The Kier molecular flexibility index (Phi) is 3.42. The van der Waals surface area contributed by atoms with Gasteiger partial charge in [0.05, 0.1) is 24.6 Å². The van der Waals surface area contributed by atoms with E-state index in [9.17, 15) is 4.79 Å². The van der Waals surface area contributed by atoms with Gasteiger partial charge in [-0.1, -0.05) is 0 Å². The molecule has 1 fully saturated rings. The maximum Gasteiger partial charge on any atom is 0.242 e. The minimum atomic E-state index is -0.484. The number of hydrogen-bond donors (Lipinski definition) is 2. The summed E-state index contributed by atoms with van der Waals surface area (Å²) < 4.78 is 7.10. The number of nitrogen functional groups attached to an aromatic ring is 1. The number of carbonyl (C=O) groups is 1. The SMILES string of the molecule is CCn1nc(C)c(N)c1N1CCOCC1C(N)=O. The number of anilines is 2. The van der Waals surface area contributed by atoms with E-state index in [0.29, 0.717) is 32.0 Å². The van der Waals surface area contributed by atoms with E-state index in [1.165, 1.54) is 0 Å². The lowest BCUT2D eigenvalue weighted by Gasteiger charge is -2.35. The van der Waals surface area contributed by atoms with Crippen LogP contribution in [0.4, 0.5) is 11.5 Å². The lowest BCUT2D eigenvalue weighted by Crippen LogP contribution is -2.53. The van der Waals surface area contributed by atoms with Crippen LogP contribution in [0.15, 0.2) is 0 Å². The average Bonchev–Trinajstić information content (AvgIpc) is 2.65. The molecule has 4 N–H and O–H groups in total. The summed E-state index contributed by atoms with van der Waals surface area (Å²) >= 11 is 0. The maximum absolute atomic E-state index is 11.5. The number of aryl methyl sites for hydroxylation is 2. The third-order valence-corrected chi connectivity index (χ3v) is 3.17. The molecule has 0 radical (unpaired) electrons. The summed E-state index contributed by atoms with van der Waals surface area (Å²) in [5.74, 6) is 0.359. The highest BCUT2D eigenvalue weighted by Gasteiger charge is 2.31. The molecule has 1 aromatic heterocycles. The van der Waals surface area contributed by atoms with Crippen molar-refractivity contribution in [1.82, 2.24) is 9.78 Å². The lowest BCUT2D eigenvalue weighted by molar-refractivity contribution is -0.121. The highest BCUT2D eigenvalue weighted by Crippen LogP contribution is 2.29. The van der Waals surface area contributed by atoms with Crippen LogP contribution in [0.25, 0.3) is 0 Å². The second-order valence-electron chi connectivity index (χ2n) is 4.32. The second-order valence-corrected chi connectivity index (χ2v) is 4.32. The summed E-state index contributed by atoms with van der Waals surface area (Å²) in [5.41, 5.74) is 12.8. The van der Waals surface area contributed by atoms with Crippen LogP contribution in [0.1, 0.15) is 12.6 Å². The molecule has 2 heterocycles. The normalized spacial score (nSPS) is 20.1. The number of ether oxygens (including phenoxy) is 1. The van der Waals surface area contributed by atoms with Crippen LogP contribution < -0.4 is 16.4 Å². The zero-order valence-corrected chi connectivity index (χ0v) is 10.7. The maximum atomic E-state index is 11.5. The number of nitrogens with zero attached hydrogens (tertiary/aromatic N) is 3. The fourth-order valence-corrected chi connectivity index (χ4v) is 2.20. The van der Waals surface area contributed by atoms with Gasteiger partial charge in [0.15, 0.2) is 5.82 Å². The van der Waals surface area contributed by atoms with Crippen LogP contribution in [0.2, 0.25) is 0 Å². The first-order valence-electron chi connectivity index (χ1n) is 6.02. The summed E-state index contributed by atoms with van der Waals surface area (Å²) in [6.07, 6.45) is 0. The van der Waals surface area contributed by atoms with Gasteiger partial charge in [0.2, 0.25) is 5.91 Å². The van der Waals surface area contributed by atoms with Crippen LogP contribution in [-0.2, 0) is 16.1 Å². The molecular formula is C11H19N5O2. The molecule has 100 valence electrons. The highest BCUT2D eigenvalue weighted by atomic mass is 16.5. The Labute approximate surface area is 106 Å². The van der Waals surface area contributed by atoms with Gasteiger partial charge in [-0.3, -0.25) is 4.79 Å². The number of morpholine rings is 1. The molecule has 0 aliphatic carbocycles. The second kappa shape index (κ2) is 4.85. The van der Waals surface area contributed by atoms with Gasteiger partial charge >= 0.3 is 0 Å². The van der Waals surface area contributed by atoms with Crippen molar-refractivity contribution in [2.24, 2.45) is 5.73 Å². The molecule has 1 aliphatic heterocycles. The van der Waals surface area contributed by atoms with Crippen molar-refractivity contribution < 1.29 is 9.53 Å². The number of aromatic nitrogens is 2. The van der Waals surface area contributed by atoms with Crippen molar-refractivity contribution in [3.8, 4) is 0 Å². The third kappa shape index (κ3) is 2.01. The monoisotopic (exact) mass is 253 g/mol. The minimum Gasteiger partial charge on any atom is -0.394 e. The number of hydrogen-bond acceptors (Lipinski definition) is 5. The molecule has 1 saturated heterocycles. The van der Waals surface area contributed by atoms with Crippen LogP contribution >= 0.6 is 0 Å². The van der Waals surface area contributed by atoms with E-state index in [1.54, 1.807) is 4.68 Å². The zero-order chi connectivity index (χ0) is 13.3. The van der Waals surface area contributed by atoms with Gasteiger partial charge in [0, 0.05) is 13.1 Å². The predicted octanol–water partition coefficient (Wildman–Crippen LogP) is -0.516. The third-order valence-electron chi connectivity index (χ3n) is 3.17. The Balaban J connectivity index is 2.42. The molecule has 1 amide bonds. The molecular weight excluding hydrogens is 234 g/mol. The van der Waals surface area contributed by atoms with Crippen molar-refractivity contribution >= 4 is 17.4 Å². The fraction of sp³-hybridized carbons (Fsp3) is 0.636. The molecule has 0 saturated carbocycles. The van der Waals surface area contributed by atoms with Gasteiger partial charge in [0.1, 0.15) is 6.04 Å². The quantitative estimate of drug-likeness (QED) is 0.755. The van der Waals surface area contributed by atoms with Gasteiger partial charge in [0.25, 0.3) is 0 Å². The van der Waals surface area contributed by atoms with Crippen molar-refractivity contribution in [2.75, 3.05) is 30.4 Å². The van der Waals surface area contributed by atoms with Crippen molar-refractivity contribution in [3.63, 3.8) is 0 Å². The van der Waals surface area contributed by atoms with Crippen LogP contribution in [0, 0.1) is 6.92 Å². The smallest absolute Gasteiger partial charge is 0.242 e. The topological polar surface area (TPSA) is 99.4 Å². The fourth-order valence-electron chi connectivity index (χ4n) is 2.20. The van der Waals surface area contributed by atoms with Gasteiger partial charge in [-0.15, -0.1) is 0 Å². The Morgan fingerprint density at radius 3 is 2.94 bits per heavy atom. The molecule has 2 rings (SSSR count). The number of primary amides is 1. The van der Waals surface area contributed by atoms with E-state index >= 15 is 0 Å².